The van der Waals surface area contributed by atoms with Gasteiger partial charge >= 0.3 is 57.4 Å². The number of nitrogens with one attached hydrogen (secondary N) is 2. The van der Waals surface area contributed by atoms with Gasteiger partial charge < -0.3 is 20.5 Å². The number of rotatable bonds is 6. The standard InChI is InChI=1S/C17H19N3O3.K/c1-12-11-14(9-10-18-12)19-17(23)20-15(16(21)22)8-7-13-5-3-2-4-6-13;/h2-6,9-11,15H,7-8H2,1H3,(H,21,22)(H2,18,19,20,23);/q;+1/p-1/t15-;/m1./s1. The molecule has 0 aliphatic carbocycles. The number of carboxylic acid groups (broad SMARTS) is 1. The number of aryl methyl sites for hydroxylation is 2. The van der Waals surface area contributed by atoms with E-state index in [4.69, 9.17) is 0 Å². The van der Waals surface area contributed by atoms with E-state index in [0.717, 1.165) is 11.3 Å². The Balaban J connectivity index is 0.00000288. The normalized spacial score (nSPS) is 11.0. The molecule has 0 bridgehead atoms. The number of hydrogen-bond acceptors (Lipinski definition) is 4. The number of aromatic nitrogens is 1. The van der Waals surface area contributed by atoms with Crippen LogP contribution in [0.2, 0.25) is 0 Å². The fourth-order valence-electron chi connectivity index (χ4n) is 2.15. The Morgan fingerprint density at radius 2 is 1.92 bits per heavy atom. The summed E-state index contributed by atoms with van der Waals surface area (Å²) in [6.07, 6.45) is 2.36. The molecule has 0 radical (unpaired) electrons. The van der Waals surface area contributed by atoms with Crippen LogP contribution in [0.4, 0.5) is 10.5 Å². The molecule has 0 unspecified atom stereocenters. The summed E-state index contributed by atoms with van der Waals surface area (Å²) in [5.74, 6) is -1.30. The first kappa shape index (κ1) is 20.8. The van der Waals surface area contributed by atoms with Crippen molar-refractivity contribution in [3.05, 3.63) is 59.9 Å². The van der Waals surface area contributed by atoms with Crippen LogP contribution in [0.15, 0.2) is 48.7 Å². The molecule has 0 saturated carbocycles. The van der Waals surface area contributed by atoms with Gasteiger partial charge in [0.05, 0.1) is 12.0 Å². The second-order valence-electron chi connectivity index (χ2n) is 5.18. The fraction of sp³-hybridized carbons (Fsp3) is 0.235. The van der Waals surface area contributed by atoms with Gasteiger partial charge in [-0.15, -0.1) is 0 Å². The molecular weight excluding hydrogens is 333 g/mol. The molecule has 0 aliphatic heterocycles. The second kappa shape index (κ2) is 10.6. The summed E-state index contributed by atoms with van der Waals surface area (Å²) in [6, 6.07) is 11.2. The third-order valence-corrected chi connectivity index (χ3v) is 3.31. The molecular formula is C17H18KN3O3. The number of aliphatic carboxylic acids is 1. The van der Waals surface area contributed by atoms with Crippen molar-refractivity contribution in [2.45, 2.75) is 25.8 Å². The van der Waals surface area contributed by atoms with Crippen LogP contribution in [0.25, 0.3) is 0 Å². The van der Waals surface area contributed by atoms with Crippen molar-refractivity contribution in [3.8, 4) is 0 Å². The maximum atomic E-state index is 11.9. The number of carboxylic acids is 1. The third kappa shape index (κ3) is 7.10. The quantitative estimate of drug-likeness (QED) is 0.605. The van der Waals surface area contributed by atoms with Crippen LogP contribution < -0.4 is 67.1 Å². The van der Waals surface area contributed by atoms with Crippen LogP contribution >= 0.6 is 0 Å². The average molecular weight is 351 g/mol. The zero-order chi connectivity index (χ0) is 16.7. The molecule has 0 saturated heterocycles. The van der Waals surface area contributed by atoms with Crippen LogP contribution in [0.1, 0.15) is 17.7 Å². The van der Waals surface area contributed by atoms with E-state index < -0.39 is 18.0 Å². The molecule has 24 heavy (non-hydrogen) atoms. The van der Waals surface area contributed by atoms with Crippen LogP contribution in [0.5, 0.6) is 0 Å². The Labute approximate surface area is 183 Å². The predicted molar refractivity (Wildman–Crippen MR) is 84.7 cm³/mol. The van der Waals surface area contributed by atoms with E-state index >= 15 is 0 Å². The number of amides is 2. The number of anilines is 1. The van der Waals surface area contributed by atoms with E-state index in [-0.39, 0.29) is 57.8 Å². The van der Waals surface area contributed by atoms with Crippen LogP contribution in [0, 0.1) is 6.92 Å². The summed E-state index contributed by atoms with van der Waals surface area (Å²) in [5, 5.41) is 16.2. The molecule has 1 aromatic heterocycles. The molecule has 0 fully saturated rings. The van der Waals surface area contributed by atoms with Crippen molar-refractivity contribution in [1.29, 1.82) is 0 Å². The van der Waals surface area contributed by atoms with Crippen molar-refractivity contribution in [2.75, 3.05) is 5.32 Å². The molecule has 2 rings (SSSR count). The maximum Gasteiger partial charge on any atom is 1.00 e. The summed E-state index contributed by atoms with van der Waals surface area (Å²) in [6.45, 7) is 1.80. The summed E-state index contributed by atoms with van der Waals surface area (Å²) < 4.78 is 0. The summed E-state index contributed by atoms with van der Waals surface area (Å²) in [5.41, 5.74) is 2.31. The SMILES string of the molecule is Cc1cc(NC(=O)N[C@H](CCc2ccccc2)C(=O)[O-])ccn1.[K+]. The van der Waals surface area contributed by atoms with E-state index in [2.05, 4.69) is 15.6 Å². The van der Waals surface area contributed by atoms with Crippen molar-refractivity contribution in [1.82, 2.24) is 10.3 Å². The van der Waals surface area contributed by atoms with Crippen molar-refractivity contribution in [2.24, 2.45) is 0 Å². The summed E-state index contributed by atoms with van der Waals surface area (Å²) in [4.78, 5) is 27.1. The van der Waals surface area contributed by atoms with Crippen molar-refractivity contribution >= 4 is 17.7 Å². The fourth-order valence-corrected chi connectivity index (χ4v) is 2.15. The number of benzene rings is 1. The van der Waals surface area contributed by atoms with E-state index in [1.807, 2.05) is 30.3 Å². The molecule has 7 heteroatoms. The number of carbonyl (C=O) groups excluding carboxylic acids is 2. The smallest absolute Gasteiger partial charge is 0.548 e. The number of carbonyl (C=O) groups is 2. The molecule has 0 aliphatic rings. The van der Waals surface area contributed by atoms with E-state index in [1.54, 1.807) is 25.3 Å². The number of hydrogen-bond donors (Lipinski definition) is 2. The Kier molecular flexibility index (Phi) is 9.16. The van der Waals surface area contributed by atoms with Crippen LogP contribution in [0.3, 0.4) is 0 Å². The van der Waals surface area contributed by atoms with Gasteiger partial charge in [-0.05, 0) is 37.5 Å². The van der Waals surface area contributed by atoms with E-state index in [1.165, 1.54) is 0 Å². The van der Waals surface area contributed by atoms with Crippen molar-refractivity contribution < 1.29 is 66.1 Å². The van der Waals surface area contributed by atoms with Gasteiger partial charge in [-0.2, -0.15) is 0 Å². The van der Waals surface area contributed by atoms with E-state index in [9.17, 15) is 14.7 Å². The monoisotopic (exact) mass is 351 g/mol. The van der Waals surface area contributed by atoms with Gasteiger partial charge in [0, 0.05) is 17.6 Å². The first-order chi connectivity index (χ1) is 11.0. The number of nitrogens with zero attached hydrogens (tertiary/aromatic N) is 1. The van der Waals surface area contributed by atoms with E-state index in [0.29, 0.717) is 12.1 Å². The van der Waals surface area contributed by atoms with Gasteiger partial charge in [0.15, 0.2) is 0 Å². The van der Waals surface area contributed by atoms with Crippen molar-refractivity contribution in [3.63, 3.8) is 0 Å². The Bertz CT molecular complexity index is 680. The second-order valence-corrected chi connectivity index (χ2v) is 5.18. The molecule has 2 N–H and O–H groups in total. The molecule has 2 aromatic rings. The maximum absolute atomic E-state index is 11.9. The Morgan fingerprint density at radius 1 is 1.21 bits per heavy atom. The minimum Gasteiger partial charge on any atom is -0.548 e. The topological polar surface area (TPSA) is 94.2 Å². The van der Waals surface area contributed by atoms with Gasteiger partial charge in [0.25, 0.3) is 0 Å². The zero-order valence-corrected chi connectivity index (χ0v) is 16.9. The first-order valence-corrected chi connectivity index (χ1v) is 7.29. The van der Waals surface area contributed by atoms with Gasteiger partial charge in [-0.1, -0.05) is 30.3 Å². The molecule has 1 heterocycles. The van der Waals surface area contributed by atoms with Gasteiger partial charge in [-0.3, -0.25) is 4.98 Å². The Morgan fingerprint density at radius 3 is 2.54 bits per heavy atom. The molecule has 2 amide bonds. The summed E-state index contributed by atoms with van der Waals surface area (Å²) in [7, 11) is 0. The third-order valence-electron chi connectivity index (χ3n) is 3.31. The Hall–Kier alpha value is -1.25. The molecule has 0 spiro atoms. The molecule has 6 nitrogen and oxygen atoms in total. The number of pyridine rings is 1. The van der Waals surface area contributed by atoms with Gasteiger partial charge in [-0.25, -0.2) is 4.79 Å². The largest absolute Gasteiger partial charge is 1.00 e. The average Bonchev–Trinajstić information content (AvgIpc) is 2.52. The molecule has 1 atom stereocenters. The molecule has 1 aromatic carbocycles. The minimum atomic E-state index is -1.30. The van der Waals surface area contributed by atoms with Gasteiger partial charge in [0.1, 0.15) is 0 Å². The predicted octanol–water partition coefficient (Wildman–Crippen LogP) is -1.73. The summed E-state index contributed by atoms with van der Waals surface area (Å²) >= 11 is 0. The van der Waals surface area contributed by atoms with Crippen LogP contribution in [-0.4, -0.2) is 23.0 Å². The first-order valence-electron chi connectivity index (χ1n) is 7.29. The number of urea groups is 1. The minimum absolute atomic E-state index is 0. The van der Waals surface area contributed by atoms with Crippen LogP contribution in [-0.2, 0) is 11.2 Å². The van der Waals surface area contributed by atoms with Gasteiger partial charge in [0.2, 0.25) is 0 Å². The zero-order valence-electron chi connectivity index (χ0n) is 13.8. The molecule has 120 valence electrons.